The van der Waals surface area contributed by atoms with Crippen molar-refractivity contribution in [1.29, 1.82) is 0 Å². The Balaban J connectivity index is 1.68. The van der Waals surface area contributed by atoms with Crippen molar-refractivity contribution in [3.8, 4) is 5.75 Å². The smallest absolute Gasteiger partial charge is 0.265 e. The molecule has 3 rings (SSSR count). The van der Waals surface area contributed by atoms with Gasteiger partial charge in [0.2, 0.25) is 10.0 Å². The lowest BCUT2D eigenvalue weighted by Crippen LogP contribution is -2.35. The summed E-state index contributed by atoms with van der Waals surface area (Å²) >= 11 is 0. The van der Waals surface area contributed by atoms with E-state index in [-0.39, 0.29) is 10.8 Å². The topological polar surface area (TPSA) is 75.7 Å². The summed E-state index contributed by atoms with van der Waals surface area (Å²) in [5, 5.41) is 2.74. The van der Waals surface area contributed by atoms with Gasteiger partial charge >= 0.3 is 0 Å². The molecule has 0 aromatic heterocycles. The number of anilines is 1. The lowest BCUT2D eigenvalue weighted by Gasteiger charge is -2.26. The Morgan fingerprint density at radius 1 is 1.07 bits per heavy atom. The molecule has 7 heteroatoms. The van der Waals surface area contributed by atoms with Gasteiger partial charge in [0.15, 0.2) is 6.10 Å². The normalized spacial score (nSPS) is 16.4. The number of piperidine rings is 1. The van der Waals surface area contributed by atoms with Crippen LogP contribution in [0.1, 0.15) is 31.7 Å². The maximum Gasteiger partial charge on any atom is 0.265 e. The average Bonchev–Trinajstić information content (AvgIpc) is 2.70. The largest absolute Gasteiger partial charge is 0.481 e. The summed E-state index contributed by atoms with van der Waals surface area (Å²) in [4.78, 5) is 12.6. The van der Waals surface area contributed by atoms with Crippen LogP contribution in [-0.4, -0.2) is 37.8 Å². The molecule has 28 heavy (non-hydrogen) atoms. The van der Waals surface area contributed by atoms with Crippen molar-refractivity contribution < 1.29 is 17.9 Å². The number of nitrogens with one attached hydrogen (secondary N) is 1. The summed E-state index contributed by atoms with van der Waals surface area (Å²) in [6.07, 6.45) is 2.10. The molecular weight excluding hydrogens is 376 g/mol. The van der Waals surface area contributed by atoms with Crippen LogP contribution in [0.25, 0.3) is 0 Å². The maximum absolute atomic E-state index is 12.8. The molecule has 6 nitrogen and oxygen atoms in total. The van der Waals surface area contributed by atoms with E-state index < -0.39 is 16.1 Å². The molecule has 2 aromatic rings. The third-order valence-corrected chi connectivity index (χ3v) is 6.65. The molecule has 0 radical (unpaired) electrons. The third kappa shape index (κ3) is 4.91. The minimum atomic E-state index is -3.54. The number of carbonyl (C=O) groups is 1. The molecule has 1 aliphatic heterocycles. The lowest BCUT2D eigenvalue weighted by atomic mass is 10.2. The number of hydrogen-bond acceptors (Lipinski definition) is 4. The van der Waals surface area contributed by atoms with E-state index in [1.54, 1.807) is 25.1 Å². The first-order chi connectivity index (χ1) is 13.4. The molecule has 150 valence electrons. The van der Waals surface area contributed by atoms with Crippen LogP contribution < -0.4 is 10.1 Å². The SMILES string of the molecule is Cc1ccc(OC(C)C(=O)Nc2cccc(S(=O)(=O)N3CCCCC3)c2)cc1. The molecule has 1 heterocycles. The summed E-state index contributed by atoms with van der Waals surface area (Å²) in [5.41, 5.74) is 1.54. The minimum Gasteiger partial charge on any atom is -0.481 e. The van der Waals surface area contributed by atoms with Gasteiger partial charge in [-0.05, 0) is 57.0 Å². The molecule has 2 aromatic carbocycles. The van der Waals surface area contributed by atoms with Gasteiger partial charge in [-0.2, -0.15) is 4.31 Å². The minimum absolute atomic E-state index is 0.194. The monoisotopic (exact) mass is 402 g/mol. The van der Waals surface area contributed by atoms with Gasteiger partial charge in [0.25, 0.3) is 5.91 Å². The zero-order valence-electron chi connectivity index (χ0n) is 16.2. The van der Waals surface area contributed by atoms with E-state index in [9.17, 15) is 13.2 Å². The van der Waals surface area contributed by atoms with Gasteiger partial charge in [0.05, 0.1) is 4.90 Å². The lowest BCUT2D eigenvalue weighted by molar-refractivity contribution is -0.122. The summed E-state index contributed by atoms with van der Waals surface area (Å²) < 4.78 is 32.8. The Hall–Kier alpha value is -2.38. The molecule has 1 fully saturated rings. The Kier molecular flexibility index (Phi) is 6.36. The van der Waals surface area contributed by atoms with Crippen molar-refractivity contribution in [3.05, 3.63) is 54.1 Å². The van der Waals surface area contributed by atoms with Crippen LogP contribution in [0, 0.1) is 6.92 Å². The second-order valence-corrected chi connectivity index (χ2v) is 8.99. The van der Waals surface area contributed by atoms with Crippen molar-refractivity contribution in [1.82, 2.24) is 4.31 Å². The average molecular weight is 403 g/mol. The second kappa shape index (κ2) is 8.75. The summed E-state index contributed by atoms with van der Waals surface area (Å²) in [6.45, 7) is 4.72. The molecule has 1 atom stereocenters. The summed E-state index contributed by atoms with van der Waals surface area (Å²) in [6, 6.07) is 13.8. The van der Waals surface area contributed by atoms with Gasteiger partial charge in [-0.1, -0.05) is 30.2 Å². The maximum atomic E-state index is 12.8. The molecule has 1 N–H and O–H groups in total. The van der Waals surface area contributed by atoms with Gasteiger partial charge < -0.3 is 10.1 Å². The van der Waals surface area contributed by atoms with Crippen molar-refractivity contribution in [2.45, 2.75) is 44.1 Å². The van der Waals surface area contributed by atoms with Crippen molar-refractivity contribution >= 4 is 21.6 Å². The molecule has 1 aliphatic rings. The van der Waals surface area contributed by atoms with Gasteiger partial charge in [-0.25, -0.2) is 8.42 Å². The van der Waals surface area contributed by atoms with Crippen molar-refractivity contribution in [2.24, 2.45) is 0 Å². The number of amides is 1. The van der Waals surface area contributed by atoms with E-state index in [4.69, 9.17) is 4.74 Å². The van der Waals surface area contributed by atoms with Crippen LogP contribution >= 0.6 is 0 Å². The predicted molar refractivity (Wildman–Crippen MR) is 109 cm³/mol. The van der Waals surface area contributed by atoms with Crippen LogP contribution in [0.4, 0.5) is 5.69 Å². The van der Waals surface area contributed by atoms with E-state index >= 15 is 0 Å². The molecule has 1 unspecified atom stereocenters. The van der Waals surface area contributed by atoms with Gasteiger partial charge in [0.1, 0.15) is 5.75 Å². The number of sulfonamides is 1. The number of nitrogens with zero attached hydrogens (tertiary/aromatic N) is 1. The third-order valence-electron chi connectivity index (χ3n) is 4.76. The fourth-order valence-corrected chi connectivity index (χ4v) is 4.67. The Morgan fingerprint density at radius 2 is 1.75 bits per heavy atom. The number of rotatable bonds is 6. The molecule has 0 saturated carbocycles. The van der Waals surface area contributed by atoms with Crippen LogP contribution in [-0.2, 0) is 14.8 Å². The van der Waals surface area contributed by atoms with E-state index in [1.807, 2.05) is 31.2 Å². The Bertz CT molecular complexity index is 920. The number of ether oxygens (including phenoxy) is 1. The highest BCUT2D eigenvalue weighted by Crippen LogP contribution is 2.23. The van der Waals surface area contributed by atoms with Crippen molar-refractivity contribution in [2.75, 3.05) is 18.4 Å². The molecule has 0 spiro atoms. The number of aryl methyl sites for hydroxylation is 1. The van der Waals surface area contributed by atoms with E-state index in [2.05, 4.69) is 5.32 Å². The van der Waals surface area contributed by atoms with Gasteiger partial charge in [0, 0.05) is 18.8 Å². The van der Waals surface area contributed by atoms with E-state index in [0.29, 0.717) is 24.5 Å². The fraction of sp³-hybridized carbons (Fsp3) is 0.381. The second-order valence-electron chi connectivity index (χ2n) is 7.05. The first kappa shape index (κ1) is 20.4. The van der Waals surface area contributed by atoms with Gasteiger partial charge in [-0.3, -0.25) is 4.79 Å². The van der Waals surface area contributed by atoms with E-state index in [1.165, 1.54) is 10.4 Å². The first-order valence-corrected chi connectivity index (χ1v) is 10.9. The molecule has 0 bridgehead atoms. The van der Waals surface area contributed by atoms with Crippen LogP contribution in [0.15, 0.2) is 53.4 Å². The summed E-state index contributed by atoms with van der Waals surface area (Å²) in [5.74, 6) is 0.266. The van der Waals surface area contributed by atoms with Crippen molar-refractivity contribution in [3.63, 3.8) is 0 Å². The van der Waals surface area contributed by atoms with Gasteiger partial charge in [-0.15, -0.1) is 0 Å². The number of carbonyl (C=O) groups excluding carboxylic acids is 1. The Labute approximate surface area is 166 Å². The predicted octanol–water partition coefficient (Wildman–Crippen LogP) is 3.58. The van der Waals surface area contributed by atoms with Crippen LogP contribution in [0.3, 0.4) is 0 Å². The zero-order chi connectivity index (χ0) is 20.1. The molecule has 0 aliphatic carbocycles. The Morgan fingerprint density at radius 3 is 2.43 bits per heavy atom. The van der Waals surface area contributed by atoms with Crippen LogP contribution in [0.5, 0.6) is 5.75 Å². The fourth-order valence-electron chi connectivity index (χ4n) is 3.11. The molecular formula is C21H26N2O4S. The first-order valence-electron chi connectivity index (χ1n) is 9.51. The number of hydrogen-bond donors (Lipinski definition) is 1. The number of benzene rings is 2. The zero-order valence-corrected chi connectivity index (χ0v) is 17.0. The quantitative estimate of drug-likeness (QED) is 0.801. The van der Waals surface area contributed by atoms with E-state index in [0.717, 1.165) is 24.8 Å². The van der Waals surface area contributed by atoms with Crippen LogP contribution in [0.2, 0.25) is 0 Å². The summed E-state index contributed by atoms with van der Waals surface area (Å²) in [7, 11) is -3.54. The highest BCUT2D eigenvalue weighted by atomic mass is 32.2. The highest BCUT2D eigenvalue weighted by Gasteiger charge is 2.26. The standard InChI is InChI=1S/C21H26N2O4S/c1-16-9-11-19(12-10-16)27-17(2)21(24)22-18-7-6-8-20(15-18)28(25,26)23-13-4-3-5-14-23/h6-12,15,17H,3-5,13-14H2,1-2H3,(H,22,24). The molecule has 1 amide bonds. The highest BCUT2D eigenvalue weighted by molar-refractivity contribution is 7.89. The molecule has 1 saturated heterocycles.